The van der Waals surface area contributed by atoms with Crippen LogP contribution in [0.2, 0.25) is 0 Å². The van der Waals surface area contributed by atoms with Crippen molar-refractivity contribution in [1.82, 2.24) is 19.5 Å². The zero-order valence-corrected chi connectivity index (χ0v) is 21.6. The molecule has 6 rings (SSSR count). The summed E-state index contributed by atoms with van der Waals surface area (Å²) in [6.45, 7) is 6.68. The maximum atomic E-state index is 10.7. The lowest BCUT2D eigenvalue weighted by atomic mass is 9.83. The molecule has 0 radical (unpaired) electrons. The summed E-state index contributed by atoms with van der Waals surface area (Å²) >= 11 is 0. The summed E-state index contributed by atoms with van der Waals surface area (Å²) in [5, 5.41) is 10.7. The lowest BCUT2D eigenvalue weighted by Crippen LogP contribution is -2.11. The standard InChI is InChI=1S/C33H28N4O/c1-33(2,3)24-19-22(18-23(20-24)28-13-7-8-16-35-28)26-12-9-14-29-31(26)36-32(27-15-17-34-21-30(27)38)37(29)25-10-5-4-6-11-25/h4-21,38H,1-3H3. The van der Waals surface area contributed by atoms with Crippen LogP contribution in [-0.4, -0.2) is 24.6 Å². The van der Waals surface area contributed by atoms with Crippen molar-refractivity contribution in [3.63, 3.8) is 0 Å². The minimum absolute atomic E-state index is 0.0508. The molecule has 0 bridgehead atoms. The van der Waals surface area contributed by atoms with E-state index in [1.54, 1.807) is 12.3 Å². The van der Waals surface area contributed by atoms with Crippen molar-refractivity contribution in [2.24, 2.45) is 0 Å². The Labute approximate surface area is 222 Å². The number of benzene rings is 3. The summed E-state index contributed by atoms with van der Waals surface area (Å²) in [7, 11) is 0. The molecule has 3 aromatic carbocycles. The Bertz CT molecular complexity index is 1750. The molecule has 0 fully saturated rings. The number of hydrogen-bond acceptors (Lipinski definition) is 4. The first kappa shape index (κ1) is 23.6. The number of para-hydroxylation sites is 2. The summed E-state index contributed by atoms with van der Waals surface area (Å²) in [5.41, 5.74) is 8.69. The van der Waals surface area contributed by atoms with Gasteiger partial charge >= 0.3 is 0 Å². The van der Waals surface area contributed by atoms with Gasteiger partial charge in [-0.05, 0) is 65.1 Å². The van der Waals surface area contributed by atoms with Gasteiger partial charge in [0.15, 0.2) is 0 Å². The highest BCUT2D eigenvalue weighted by Gasteiger charge is 2.21. The highest BCUT2D eigenvalue weighted by atomic mass is 16.3. The summed E-state index contributed by atoms with van der Waals surface area (Å²) in [5.74, 6) is 0.754. The number of pyridine rings is 2. The Morgan fingerprint density at radius 1 is 0.737 bits per heavy atom. The molecular formula is C33H28N4O. The van der Waals surface area contributed by atoms with Crippen LogP contribution in [0.3, 0.4) is 0 Å². The summed E-state index contributed by atoms with van der Waals surface area (Å²) < 4.78 is 2.10. The largest absolute Gasteiger partial charge is 0.506 e. The van der Waals surface area contributed by atoms with Crippen molar-refractivity contribution >= 4 is 11.0 Å². The van der Waals surface area contributed by atoms with Gasteiger partial charge in [-0.2, -0.15) is 0 Å². The number of fused-ring (bicyclic) bond motifs is 1. The fourth-order valence-electron chi connectivity index (χ4n) is 4.82. The second-order valence-corrected chi connectivity index (χ2v) is 10.4. The van der Waals surface area contributed by atoms with E-state index in [-0.39, 0.29) is 11.2 Å². The van der Waals surface area contributed by atoms with Gasteiger partial charge < -0.3 is 5.11 Å². The van der Waals surface area contributed by atoms with Gasteiger partial charge in [0.2, 0.25) is 0 Å². The predicted octanol–water partition coefficient (Wildman–Crippen LogP) is 7.82. The Morgan fingerprint density at radius 2 is 1.53 bits per heavy atom. The third kappa shape index (κ3) is 4.22. The van der Waals surface area contributed by atoms with Crippen molar-refractivity contribution in [1.29, 1.82) is 0 Å². The van der Waals surface area contributed by atoms with Gasteiger partial charge in [-0.15, -0.1) is 0 Å². The topological polar surface area (TPSA) is 63.8 Å². The van der Waals surface area contributed by atoms with Crippen molar-refractivity contribution in [2.75, 3.05) is 0 Å². The molecule has 0 amide bonds. The van der Waals surface area contributed by atoms with E-state index in [1.165, 1.54) is 11.8 Å². The normalized spacial score (nSPS) is 11.7. The van der Waals surface area contributed by atoms with Crippen LogP contribution < -0.4 is 0 Å². The average Bonchev–Trinajstić information content (AvgIpc) is 3.33. The molecule has 1 N–H and O–H groups in total. The predicted molar refractivity (Wildman–Crippen MR) is 153 cm³/mol. The van der Waals surface area contributed by atoms with Gasteiger partial charge in [0.25, 0.3) is 0 Å². The van der Waals surface area contributed by atoms with Crippen molar-refractivity contribution < 1.29 is 5.11 Å². The lowest BCUT2D eigenvalue weighted by Gasteiger charge is -2.21. The fraction of sp³-hybridized carbons (Fsp3) is 0.121. The Kier molecular flexibility index (Phi) is 5.76. The fourth-order valence-corrected chi connectivity index (χ4v) is 4.82. The molecule has 3 heterocycles. The van der Waals surface area contributed by atoms with Gasteiger partial charge in [0.1, 0.15) is 11.6 Å². The van der Waals surface area contributed by atoms with Crippen molar-refractivity contribution in [3.05, 3.63) is 115 Å². The van der Waals surface area contributed by atoms with Crippen molar-refractivity contribution in [3.8, 4) is 45.2 Å². The molecule has 0 atom stereocenters. The van der Waals surface area contributed by atoms with E-state index in [4.69, 9.17) is 4.98 Å². The molecule has 0 unspecified atom stereocenters. The van der Waals surface area contributed by atoms with E-state index >= 15 is 0 Å². The summed E-state index contributed by atoms with van der Waals surface area (Å²) in [4.78, 5) is 13.8. The van der Waals surface area contributed by atoms with E-state index in [0.29, 0.717) is 11.4 Å². The van der Waals surface area contributed by atoms with Crippen LogP contribution in [0, 0.1) is 0 Å². The number of hydrogen-bond donors (Lipinski definition) is 1. The second-order valence-electron chi connectivity index (χ2n) is 10.4. The van der Waals surface area contributed by atoms with Gasteiger partial charge in [-0.3, -0.25) is 14.5 Å². The van der Waals surface area contributed by atoms with E-state index < -0.39 is 0 Å². The first-order chi connectivity index (χ1) is 18.4. The van der Waals surface area contributed by atoms with Gasteiger partial charge in [0.05, 0.1) is 28.5 Å². The zero-order valence-electron chi connectivity index (χ0n) is 21.6. The van der Waals surface area contributed by atoms with Gasteiger partial charge in [-0.1, -0.05) is 63.2 Å². The maximum Gasteiger partial charge on any atom is 0.149 e. The van der Waals surface area contributed by atoms with Crippen LogP contribution in [0.25, 0.3) is 50.5 Å². The second kappa shape index (κ2) is 9.27. The van der Waals surface area contributed by atoms with Gasteiger partial charge in [-0.25, -0.2) is 4.98 Å². The SMILES string of the molecule is CC(C)(C)c1cc(-c2ccccn2)cc(-c2cccc3c2nc(-c2ccncc2O)n3-c2ccccc2)c1. The maximum absolute atomic E-state index is 10.7. The number of rotatable bonds is 4. The van der Waals surface area contributed by atoms with Crippen LogP contribution in [-0.2, 0) is 5.41 Å². The molecule has 0 aliphatic rings. The smallest absolute Gasteiger partial charge is 0.149 e. The number of aromatic hydroxyl groups is 1. The monoisotopic (exact) mass is 496 g/mol. The minimum Gasteiger partial charge on any atom is -0.506 e. The Balaban J connectivity index is 1.65. The summed E-state index contributed by atoms with van der Waals surface area (Å²) in [6, 6.07) is 30.8. The Morgan fingerprint density at radius 3 is 2.26 bits per heavy atom. The Hall–Kier alpha value is -4.77. The first-order valence-corrected chi connectivity index (χ1v) is 12.7. The molecule has 5 nitrogen and oxygen atoms in total. The van der Waals surface area contributed by atoms with Crippen LogP contribution in [0.15, 0.2) is 110 Å². The van der Waals surface area contributed by atoms with Gasteiger partial charge in [0, 0.05) is 29.2 Å². The van der Waals surface area contributed by atoms with Crippen LogP contribution >= 0.6 is 0 Å². The molecule has 5 heteroatoms. The van der Waals surface area contributed by atoms with Crippen molar-refractivity contribution in [2.45, 2.75) is 26.2 Å². The molecular weight excluding hydrogens is 468 g/mol. The van der Waals surface area contributed by atoms with E-state index in [0.717, 1.165) is 39.1 Å². The molecule has 38 heavy (non-hydrogen) atoms. The molecule has 0 saturated heterocycles. The number of aromatic nitrogens is 4. The molecule has 0 saturated carbocycles. The highest BCUT2D eigenvalue weighted by molar-refractivity contribution is 5.96. The number of nitrogens with zero attached hydrogens (tertiary/aromatic N) is 4. The quantitative estimate of drug-likeness (QED) is 0.270. The highest BCUT2D eigenvalue weighted by Crippen LogP contribution is 2.39. The van der Waals surface area contributed by atoms with Crippen LogP contribution in [0.5, 0.6) is 5.75 Å². The van der Waals surface area contributed by atoms with E-state index in [2.05, 4.69) is 83.8 Å². The minimum atomic E-state index is -0.0508. The molecule has 186 valence electrons. The molecule has 0 spiro atoms. The first-order valence-electron chi connectivity index (χ1n) is 12.7. The number of imidazole rings is 1. The third-order valence-corrected chi connectivity index (χ3v) is 6.81. The van der Waals surface area contributed by atoms with E-state index in [9.17, 15) is 5.11 Å². The average molecular weight is 497 g/mol. The third-order valence-electron chi connectivity index (χ3n) is 6.81. The lowest BCUT2D eigenvalue weighted by molar-refractivity contribution is 0.474. The molecule has 6 aromatic rings. The zero-order chi connectivity index (χ0) is 26.3. The summed E-state index contributed by atoms with van der Waals surface area (Å²) in [6.07, 6.45) is 4.96. The van der Waals surface area contributed by atoms with Crippen LogP contribution in [0.4, 0.5) is 0 Å². The van der Waals surface area contributed by atoms with Crippen LogP contribution in [0.1, 0.15) is 26.3 Å². The van der Waals surface area contributed by atoms with E-state index in [1.807, 2.05) is 42.6 Å². The molecule has 3 aromatic heterocycles. The molecule has 0 aliphatic carbocycles. The molecule has 0 aliphatic heterocycles.